The molecule has 0 spiro atoms. The monoisotopic (exact) mass is 356 g/mol. The fourth-order valence-electron chi connectivity index (χ4n) is 2.92. The Hall–Kier alpha value is -1.91. The van der Waals surface area contributed by atoms with Gasteiger partial charge in [0, 0.05) is 5.56 Å². The van der Waals surface area contributed by atoms with Crippen molar-refractivity contribution in [3.8, 4) is 11.5 Å². The third-order valence-electron chi connectivity index (χ3n) is 4.38. The summed E-state index contributed by atoms with van der Waals surface area (Å²) in [6, 6.07) is 4.74. The third kappa shape index (κ3) is 2.94. The lowest BCUT2D eigenvalue weighted by Crippen LogP contribution is -2.61. The second kappa shape index (κ2) is 6.11. The maximum atomic E-state index is 11.1. The SMILES string of the molecule is CC1(C)Oc2c(O[C@@H]3O[C@H](C(=O)O)[C@@H](O)[C@H](O)[C@H]3O)cccc2C1O. The van der Waals surface area contributed by atoms with Crippen molar-refractivity contribution >= 4 is 5.97 Å². The quantitative estimate of drug-likeness (QED) is 0.468. The third-order valence-corrected chi connectivity index (χ3v) is 4.38. The van der Waals surface area contributed by atoms with Crippen LogP contribution in [0, 0.1) is 0 Å². The Morgan fingerprint density at radius 1 is 1.12 bits per heavy atom. The van der Waals surface area contributed by atoms with Gasteiger partial charge < -0.3 is 39.7 Å². The van der Waals surface area contributed by atoms with Crippen molar-refractivity contribution in [1.29, 1.82) is 0 Å². The molecule has 138 valence electrons. The molecule has 0 radical (unpaired) electrons. The minimum Gasteiger partial charge on any atom is -0.480 e. The first kappa shape index (κ1) is 17.9. The minimum absolute atomic E-state index is 0.110. The number of hydrogen-bond donors (Lipinski definition) is 5. The van der Waals surface area contributed by atoms with Crippen LogP contribution in [0.25, 0.3) is 0 Å². The highest BCUT2D eigenvalue weighted by atomic mass is 16.7. The Balaban J connectivity index is 1.87. The largest absolute Gasteiger partial charge is 0.480 e. The van der Waals surface area contributed by atoms with Gasteiger partial charge in [0.2, 0.25) is 6.29 Å². The number of carboxylic acid groups (broad SMARTS) is 1. The zero-order valence-corrected chi connectivity index (χ0v) is 13.6. The van der Waals surface area contributed by atoms with Crippen LogP contribution in [0.5, 0.6) is 11.5 Å². The molecule has 6 atom stereocenters. The van der Waals surface area contributed by atoms with Crippen LogP contribution >= 0.6 is 0 Å². The number of aliphatic hydroxyl groups excluding tert-OH is 4. The average Bonchev–Trinajstić information content (AvgIpc) is 2.78. The Morgan fingerprint density at radius 2 is 1.80 bits per heavy atom. The molecular formula is C16H20O9. The molecule has 0 amide bonds. The lowest BCUT2D eigenvalue weighted by atomic mass is 9.97. The van der Waals surface area contributed by atoms with E-state index < -0.39 is 48.4 Å². The van der Waals surface area contributed by atoms with Crippen LogP contribution in [0.4, 0.5) is 0 Å². The lowest BCUT2D eigenvalue weighted by Gasteiger charge is -2.38. The van der Waals surface area contributed by atoms with E-state index in [0.717, 1.165) is 0 Å². The van der Waals surface area contributed by atoms with Gasteiger partial charge in [-0.3, -0.25) is 0 Å². The summed E-state index contributed by atoms with van der Waals surface area (Å²) in [7, 11) is 0. The second-order valence-corrected chi connectivity index (χ2v) is 6.64. The fraction of sp³-hybridized carbons (Fsp3) is 0.562. The molecule has 9 heteroatoms. The second-order valence-electron chi connectivity index (χ2n) is 6.64. The first-order chi connectivity index (χ1) is 11.6. The maximum Gasteiger partial charge on any atom is 0.335 e. The van der Waals surface area contributed by atoms with Crippen LogP contribution in [-0.2, 0) is 9.53 Å². The van der Waals surface area contributed by atoms with E-state index in [0.29, 0.717) is 5.56 Å². The number of rotatable bonds is 3. The predicted molar refractivity (Wildman–Crippen MR) is 81.1 cm³/mol. The minimum atomic E-state index is -1.80. The van der Waals surface area contributed by atoms with E-state index in [9.17, 15) is 25.2 Å². The van der Waals surface area contributed by atoms with Gasteiger partial charge in [0.25, 0.3) is 0 Å². The van der Waals surface area contributed by atoms with Crippen LogP contribution in [0.1, 0.15) is 25.5 Å². The van der Waals surface area contributed by atoms with Gasteiger partial charge in [0.1, 0.15) is 30.0 Å². The van der Waals surface area contributed by atoms with Gasteiger partial charge in [-0.25, -0.2) is 4.79 Å². The van der Waals surface area contributed by atoms with E-state index in [1.807, 2.05) is 0 Å². The number of carbonyl (C=O) groups is 1. The maximum absolute atomic E-state index is 11.1. The number of ether oxygens (including phenoxy) is 3. The first-order valence-corrected chi connectivity index (χ1v) is 7.72. The standard InChI is InChI=1S/C16H20O9/c1-16(2)13(20)6-4-3-5-7(11(6)25-16)23-15-10(19)8(17)9(18)12(24-15)14(21)22/h3-5,8-10,12-13,15,17-20H,1-2H3,(H,21,22)/t8-,9-,10+,12-,13?,15+/m0/s1. The van der Waals surface area contributed by atoms with Crippen molar-refractivity contribution in [1.82, 2.24) is 0 Å². The zero-order chi connectivity index (χ0) is 18.5. The Kier molecular flexibility index (Phi) is 4.38. The van der Waals surface area contributed by atoms with Gasteiger partial charge in [-0.2, -0.15) is 0 Å². The molecule has 2 aliphatic rings. The molecule has 3 rings (SSSR count). The fourth-order valence-corrected chi connectivity index (χ4v) is 2.92. The Morgan fingerprint density at radius 3 is 2.44 bits per heavy atom. The van der Waals surface area contributed by atoms with Gasteiger partial charge in [-0.1, -0.05) is 12.1 Å². The summed E-state index contributed by atoms with van der Waals surface area (Å²) >= 11 is 0. The molecular weight excluding hydrogens is 336 g/mol. The summed E-state index contributed by atoms with van der Waals surface area (Å²) in [6.07, 6.45) is -9.45. The molecule has 2 aliphatic heterocycles. The van der Waals surface area contributed by atoms with Gasteiger partial charge in [0.05, 0.1) is 0 Å². The molecule has 1 aromatic rings. The van der Waals surface area contributed by atoms with Crippen molar-refractivity contribution in [3.63, 3.8) is 0 Å². The smallest absolute Gasteiger partial charge is 0.335 e. The number of aliphatic carboxylic acids is 1. The molecule has 0 aromatic heterocycles. The van der Waals surface area contributed by atoms with Crippen molar-refractivity contribution in [2.24, 2.45) is 0 Å². The molecule has 1 saturated heterocycles. The lowest BCUT2D eigenvalue weighted by molar-refractivity contribution is -0.271. The van der Waals surface area contributed by atoms with Crippen LogP contribution in [0.2, 0.25) is 0 Å². The van der Waals surface area contributed by atoms with Gasteiger partial charge >= 0.3 is 5.97 Å². The number of hydrogen-bond acceptors (Lipinski definition) is 8. The Bertz CT molecular complexity index is 674. The summed E-state index contributed by atoms with van der Waals surface area (Å²) in [5, 5.41) is 48.9. The van der Waals surface area contributed by atoms with Crippen LogP contribution in [0.15, 0.2) is 18.2 Å². The van der Waals surface area contributed by atoms with Crippen molar-refractivity contribution in [3.05, 3.63) is 23.8 Å². The molecule has 0 aliphatic carbocycles. The highest BCUT2D eigenvalue weighted by molar-refractivity contribution is 5.73. The van der Waals surface area contributed by atoms with Crippen molar-refractivity contribution < 1.29 is 44.5 Å². The highest BCUT2D eigenvalue weighted by Crippen LogP contribution is 2.48. The van der Waals surface area contributed by atoms with Gasteiger partial charge in [-0.15, -0.1) is 0 Å². The average molecular weight is 356 g/mol. The number of benzene rings is 1. The summed E-state index contributed by atoms with van der Waals surface area (Å²) < 4.78 is 16.3. The van der Waals surface area contributed by atoms with Gasteiger partial charge in [0.15, 0.2) is 17.6 Å². The normalized spacial score (nSPS) is 36.4. The van der Waals surface area contributed by atoms with E-state index in [2.05, 4.69) is 0 Å². The predicted octanol–water partition coefficient (Wildman–Crippen LogP) is -0.838. The van der Waals surface area contributed by atoms with E-state index in [4.69, 9.17) is 19.3 Å². The Labute approximate surface area is 143 Å². The molecule has 1 aromatic carbocycles. The molecule has 0 saturated carbocycles. The van der Waals surface area contributed by atoms with Crippen LogP contribution in [0.3, 0.4) is 0 Å². The number of aliphatic hydroxyl groups is 4. The number of para-hydroxylation sites is 1. The van der Waals surface area contributed by atoms with Crippen LogP contribution < -0.4 is 9.47 Å². The number of fused-ring (bicyclic) bond motifs is 1. The molecule has 5 N–H and O–H groups in total. The highest BCUT2D eigenvalue weighted by Gasteiger charge is 2.49. The van der Waals surface area contributed by atoms with Gasteiger partial charge in [-0.05, 0) is 19.9 Å². The van der Waals surface area contributed by atoms with Crippen LogP contribution in [-0.4, -0.2) is 67.8 Å². The van der Waals surface area contributed by atoms with E-state index in [-0.39, 0.29) is 11.5 Å². The topological polar surface area (TPSA) is 146 Å². The molecule has 1 fully saturated rings. The van der Waals surface area contributed by atoms with Crippen molar-refractivity contribution in [2.45, 2.75) is 56.3 Å². The molecule has 9 nitrogen and oxygen atoms in total. The number of carboxylic acids is 1. The van der Waals surface area contributed by atoms with E-state index >= 15 is 0 Å². The molecule has 2 heterocycles. The first-order valence-electron chi connectivity index (χ1n) is 7.72. The van der Waals surface area contributed by atoms with E-state index in [1.54, 1.807) is 26.0 Å². The molecule has 25 heavy (non-hydrogen) atoms. The molecule has 0 bridgehead atoms. The summed E-state index contributed by atoms with van der Waals surface area (Å²) in [5.74, 6) is -1.15. The zero-order valence-electron chi connectivity index (χ0n) is 13.6. The molecule has 1 unspecified atom stereocenters. The van der Waals surface area contributed by atoms with E-state index in [1.165, 1.54) is 6.07 Å². The summed E-state index contributed by atoms with van der Waals surface area (Å²) in [5.41, 5.74) is -0.421. The summed E-state index contributed by atoms with van der Waals surface area (Å²) in [4.78, 5) is 11.1. The summed E-state index contributed by atoms with van der Waals surface area (Å²) in [6.45, 7) is 3.38. The van der Waals surface area contributed by atoms with Crippen molar-refractivity contribution in [2.75, 3.05) is 0 Å².